The number of terminal acetylenes is 1. The normalized spacial score (nSPS) is 10.7. The Balaban J connectivity index is 2.93. The van der Waals surface area contributed by atoms with Gasteiger partial charge in [-0.15, -0.1) is 6.42 Å². The molecule has 22 heavy (non-hydrogen) atoms. The van der Waals surface area contributed by atoms with Gasteiger partial charge in [0.1, 0.15) is 6.61 Å². The number of hydrogen-bond acceptors (Lipinski definition) is 7. The molecule has 0 saturated carbocycles. The lowest BCUT2D eigenvalue weighted by atomic mass is 10.6. The maximum atomic E-state index is 8.48. The Morgan fingerprint density at radius 1 is 0.545 bits per heavy atom. The van der Waals surface area contributed by atoms with Crippen LogP contribution in [-0.4, -0.2) is 91.0 Å². The van der Waals surface area contributed by atoms with Crippen LogP contribution in [0.1, 0.15) is 0 Å². The molecule has 7 heteroatoms. The first kappa shape index (κ1) is 21.3. The quantitative estimate of drug-likeness (QED) is 0.275. The van der Waals surface area contributed by atoms with Crippen molar-refractivity contribution in [1.82, 2.24) is 0 Å². The van der Waals surface area contributed by atoms with Crippen LogP contribution in [0.15, 0.2) is 0 Å². The van der Waals surface area contributed by atoms with Crippen LogP contribution < -0.4 is 0 Å². The van der Waals surface area contributed by atoms with Crippen molar-refractivity contribution in [3.05, 3.63) is 0 Å². The molecular weight excluding hydrogens is 292 g/mol. The third kappa shape index (κ3) is 19.3. The Bertz CT molecular complexity index is 243. The van der Waals surface area contributed by atoms with E-state index in [1.165, 1.54) is 0 Å². The van der Waals surface area contributed by atoms with E-state index in [2.05, 4.69) is 5.92 Å². The predicted molar refractivity (Wildman–Crippen MR) is 80.8 cm³/mol. The summed E-state index contributed by atoms with van der Waals surface area (Å²) in [6.45, 7) is 5.83. The molecule has 0 aliphatic rings. The van der Waals surface area contributed by atoms with Gasteiger partial charge in [0.15, 0.2) is 0 Å². The van der Waals surface area contributed by atoms with Gasteiger partial charge in [0.25, 0.3) is 0 Å². The Hall–Kier alpha value is -0.720. The monoisotopic (exact) mass is 320 g/mol. The molecule has 0 aliphatic heterocycles. The molecule has 0 heterocycles. The van der Waals surface area contributed by atoms with Crippen LogP contribution >= 0.6 is 0 Å². The molecule has 0 rings (SSSR count). The molecule has 1 N–H and O–H groups in total. The zero-order valence-corrected chi connectivity index (χ0v) is 13.2. The number of hydrogen-bond donors (Lipinski definition) is 1. The lowest BCUT2D eigenvalue weighted by Gasteiger charge is -2.07. The van der Waals surface area contributed by atoms with Gasteiger partial charge in [-0.05, 0) is 0 Å². The van der Waals surface area contributed by atoms with Gasteiger partial charge >= 0.3 is 0 Å². The van der Waals surface area contributed by atoms with Crippen molar-refractivity contribution in [2.24, 2.45) is 0 Å². The molecule has 0 aromatic rings. The summed E-state index contributed by atoms with van der Waals surface area (Å²) < 4.78 is 31.3. The second kappa shape index (κ2) is 20.3. The first-order valence-corrected chi connectivity index (χ1v) is 7.42. The minimum Gasteiger partial charge on any atom is -0.394 e. The number of aliphatic hydroxyl groups is 1. The molecule has 0 aromatic heterocycles. The summed E-state index contributed by atoms with van der Waals surface area (Å²) in [4.78, 5) is 0. The minimum absolute atomic E-state index is 0.0354. The van der Waals surface area contributed by atoms with E-state index in [4.69, 9.17) is 40.0 Å². The van der Waals surface area contributed by atoms with Crippen LogP contribution in [0.25, 0.3) is 0 Å². The summed E-state index contributed by atoms with van der Waals surface area (Å²) in [6.07, 6.45) is 5.03. The van der Waals surface area contributed by atoms with E-state index in [1.807, 2.05) is 0 Å². The number of ether oxygens (including phenoxy) is 6. The van der Waals surface area contributed by atoms with Crippen LogP contribution in [-0.2, 0) is 28.4 Å². The van der Waals surface area contributed by atoms with Gasteiger partial charge in [0.05, 0.1) is 79.3 Å². The van der Waals surface area contributed by atoms with E-state index in [0.29, 0.717) is 79.3 Å². The molecule has 0 unspecified atom stereocenters. The first-order chi connectivity index (χ1) is 10.9. The van der Waals surface area contributed by atoms with Crippen LogP contribution in [0.5, 0.6) is 0 Å². The van der Waals surface area contributed by atoms with E-state index in [0.717, 1.165) is 0 Å². The molecule has 0 aliphatic carbocycles. The van der Waals surface area contributed by atoms with E-state index < -0.39 is 0 Å². The maximum Gasteiger partial charge on any atom is 0.107 e. The highest BCUT2D eigenvalue weighted by Gasteiger charge is 1.93. The van der Waals surface area contributed by atoms with Crippen LogP contribution in [0, 0.1) is 12.3 Å². The Kier molecular flexibility index (Phi) is 19.6. The minimum atomic E-state index is 0.0354. The molecule has 0 spiro atoms. The van der Waals surface area contributed by atoms with Crippen molar-refractivity contribution in [3.8, 4) is 12.3 Å². The topological polar surface area (TPSA) is 75.6 Å². The van der Waals surface area contributed by atoms with Crippen molar-refractivity contribution in [1.29, 1.82) is 0 Å². The van der Waals surface area contributed by atoms with Gasteiger partial charge in [0, 0.05) is 0 Å². The summed E-state index contributed by atoms with van der Waals surface area (Å²) in [5.41, 5.74) is 0. The van der Waals surface area contributed by atoms with E-state index in [1.54, 1.807) is 0 Å². The SMILES string of the molecule is C#CCOCCOCCOCCOCCOCCOCCO. The molecule has 7 nitrogen and oxygen atoms in total. The Morgan fingerprint density at radius 2 is 0.864 bits per heavy atom. The third-order valence-corrected chi connectivity index (χ3v) is 2.28. The fraction of sp³-hybridized carbons (Fsp3) is 0.867. The standard InChI is InChI=1S/C15H28O7/c1-2-4-17-6-8-19-10-12-21-14-15-22-13-11-20-9-7-18-5-3-16/h1,16H,3-15H2. The van der Waals surface area contributed by atoms with Crippen molar-refractivity contribution in [3.63, 3.8) is 0 Å². The van der Waals surface area contributed by atoms with E-state index in [-0.39, 0.29) is 6.61 Å². The molecule has 130 valence electrons. The number of aliphatic hydroxyl groups excluding tert-OH is 1. The average Bonchev–Trinajstić information content (AvgIpc) is 2.54. The third-order valence-electron chi connectivity index (χ3n) is 2.28. The van der Waals surface area contributed by atoms with Gasteiger partial charge < -0.3 is 33.5 Å². The van der Waals surface area contributed by atoms with Gasteiger partial charge in [-0.1, -0.05) is 5.92 Å². The second-order valence-corrected chi connectivity index (χ2v) is 4.04. The summed E-state index contributed by atoms with van der Waals surface area (Å²) in [5.74, 6) is 2.38. The zero-order chi connectivity index (χ0) is 16.1. The predicted octanol–water partition coefficient (Wildman–Crippen LogP) is -0.288. The lowest BCUT2D eigenvalue weighted by Crippen LogP contribution is -2.14. The highest BCUT2D eigenvalue weighted by molar-refractivity contribution is 4.82. The van der Waals surface area contributed by atoms with Crippen molar-refractivity contribution >= 4 is 0 Å². The van der Waals surface area contributed by atoms with Gasteiger partial charge in [-0.2, -0.15) is 0 Å². The number of rotatable bonds is 18. The largest absolute Gasteiger partial charge is 0.394 e. The van der Waals surface area contributed by atoms with E-state index >= 15 is 0 Å². The fourth-order valence-corrected chi connectivity index (χ4v) is 1.30. The van der Waals surface area contributed by atoms with Crippen LogP contribution in [0.4, 0.5) is 0 Å². The molecule has 0 bridgehead atoms. The summed E-state index contributed by atoms with van der Waals surface area (Å²) in [5, 5.41) is 8.48. The smallest absolute Gasteiger partial charge is 0.107 e. The Morgan fingerprint density at radius 3 is 1.18 bits per heavy atom. The van der Waals surface area contributed by atoms with Crippen molar-refractivity contribution in [2.75, 3.05) is 85.9 Å². The molecule has 0 saturated heterocycles. The first-order valence-electron chi connectivity index (χ1n) is 7.42. The summed E-state index contributed by atoms with van der Waals surface area (Å²) in [6, 6.07) is 0. The zero-order valence-electron chi connectivity index (χ0n) is 13.2. The lowest BCUT2D eigenvalue weighted by molar-refractivity contribution is -0.0171. The summed E-state index contributed by atoms with van der Waals surface area (Å²) >= 11 is 0. The average molecular weight is 320 g/mol. The molecule has 0 fully saturated rings. The molecular formula is C15H28O7. The van der Waals surface area contributed by atoms with Gasteiger partial charge in [-0.3, -0.25) is 0 Å². The summed E-state index contributed by atoms with van der Waals surface area (Å²) in [7, 11) is 0. The van der Waals surface area contributed by atoms with Crippen molar-refractivity contribution in [2.45, 2.75) is 0 Å². The molecule has 0 aromatic carbocycles. The van der Waals surface area contributed by atoms with Crippen molar-refractivity contribution < 1.29 is 33.5 Å². The Labute approximate surface area is 132 Å². The van der Waals surface area contributed by atoms with Crippen LogP contribution in [0.2, 0.25) is 0 Å². The molecule has 0 atom stereocenters. The van der Waals surface area contributed by atoms with E-state index in [9.17, 15) is 0 Å². The van der Waals surface area contributed by atoms with Gasteiger partial charge in [-0.25, -0.2) is 0 Å². The maximum absolute atomic E-state index is 8.48. The highest BCUT2D eigenvalue weighted by atomic mass is 16.6. The highest BCUT2D eigenvalue weighted by Crippen LogP contribution is 1.84. The fourth-order valence-electron chi connectivity index (χ4n) is 1.30. The van der Waals surface area contributed by atoms with Gasteiger partial charge in [0.2, 0.25) is 0 Å². The molecule has 0 radical (unpaired) electrons. The van der Waals surface area contributed by atoms with Crippen LogP contribution in [0.3, 0.4) is 0 Å². The second-order valence-electron chi connectivity index (χ2n) is 4.04. The molecule has 0 amide bonds.